The van der Waals surface area contributed by atoms with Gasteiger partial charge in [0, 0.05) is 27.9 Å². The summed E-state index contributed by atoms with van der Waals surface area (Å²) in [5.41, 5.74) is 8.25. The normalized spacial score (nSPS) is 11.5. The first-order chi connectivity index (χ1) is 21.9. The molecule has 7 rings (SSSR count). The van der Waals surface area contributed by atoms with Gasteiger partial charge in [0.1, 0.15) is 11.6 Å². The number of aromatic nitrogens is 4. The van der Waals surface area contributed by atoms with Crippen molar-refractivity contribution in [1.29, 1.82) is 0 Å². The largest absolute Gasteiger partial charge is 0.507 e. The Labute approximate surface area is 262 Å². The Morgan fingerprint density at radius 1 is 0.578 bits per heavy atom. The number of hydrogen-bond acceptors (Lipinski definition) is 5. The molecule has 0 aliphatic rings. The lowest BCUT2D eigenvalue weighted by Crippen LogP contribution is -2.10. The lowest BCUT2D eigenvalue weighted by molar-refractivity contribution is 0.477. The molecule has 7 aromatic rings. The Bertz CT molecular complexity index is 2070. The molecule has 0 aliphatic heterocycles. The Hall–Kier alpha value is -5.75. The molecule has 0 unspecified atom stereocenters. The molecule has 0 bridgehead atoms. The smallest absolute Gasteiger partial charge is 0.248 e. The third kappa shape index (κ3) is 5.43. The van der Waals surface area contributed by atoms with Crippen molar-refractivity contribution in [2.45, 2.75) is 26.2 Å². The lowest BCUT2D eigenvalue weighted by atomic mass is 9.87. The van der Waals surface area contributed by atoms with Crippen molar-refractivity contribution in [3.05, 3.63) is 139 Å². The highest BCUT2D eigenvalue weighted by Crippen LogP contribution is 2.41. The van der Waals surface area contributed by atoms with Crippen LogP contribution in [0, 0.1) is 0 Å². The van der Waals surface area contributed by atoms with Crippen LogP contribution in [0.4, 0.5) is 0 Å². The van der Waals surface area contributed by atoms with Gasteiger partial charge in [-0.05, 0) is 59.5 Å². The van der Waals surface area contributed by atoms with Gasteiger partial charge in [-0.25, -0.2) is 4.98 Å². The number of nitrogens with zero attached hydrogens (tertiary/aromatic N) is 4. The second kappa shape index (κ2) is 11.4. The number of aromatic hydroxyl groups is 1. The first-order valence-corrected chi connectivity index (χ1v) is 14.9. The van der Waals surface area contributed by atoms with Crippen LogP contribution in [0.15, 0.2) is 138 Å². The fourth-order valence-electron chi connectivity index (χ4n) is 5.50. The Morgan fingerprint density at radius 2 is 1.11 bits per heavy atom. The number of hydrogen-bond donors (Lipinski definition) is 1. The van der Waals surface area contributed by atoms with Gasteiger partial charge in [-0.3, -0.25) is 4.57 Å². The predicted octanol–water partition coefficient (Wildman–Crippen LogP) is 9.59. The zero-order valence-electron chi connectivity index (χ0n) is 25.3. The summed E-state index contributed by atoms with van der Waals surface area (Å²) >= 11 is 0. The van der Waals surface area contributed by atoms with Crippen LogP contribution < -0.4 is 0 Å². The molecule has 6 nitrogen and oxygen atoms in total. The molecule has 5 aromatic carbocycles. The highest BCUT2D eigenvalue weighted by molar-refractivity contribution is 5.85. The summed E-state index contributed by atoms with van der Waals surface area (Å²) in [6.07, 6.45) is 0. The minimum absolute atomic E-state index is 0.0663. The van der Waals surface area contributed by atoms with Gasteiger partial charge in [0.05, 0.1) is 17.0 Å². The van der Waals surface area contributed by atoms with Crippen LogP contribution in [0.1, 0.15) is 26.3 Å². The van der Waals surface area contributed by atoms with Crippen molar-refractivity contribution in [3.63, 3.8) is 0 Å². The van der Waals surface area contributed by atoms with Crippen LogP contribution in [-0.2, 0) is 5.41 Å². The number of para-hydroxylation sites is 1. The van der Waals surface area contributed by atoms with Gasteiger partial charge in [0.2, 0.25) is 11.8 Å². The van der Waals surface area contributed by atoms with E-state index in [-0.39, 0.29) is 11.2 Å². The maximum atomic E-state index is 10.9. The maximum absolute atomic E-state index is 10.9. The van der Waals surface area contributed by atoms with E-state index in [4.69, 9.17) is 9.40 Å². The SMILES string of the molecule is CC(C)(C)c1ccc(-c2nnc(-c3ccc(-n4c(-c5ccccc5O)nc(-c5ccccc5)c4-c4ccccc4)cc3)o2)cc1. The summed E-state index contributed by atoms with van der Waals surface area (Å²) in [5, 5.41) is 19.6. The first-order valence-electron chi connectivity index (χ1n) is 14.9. The quantitative estimate of drug-likeness (QED) is 0.209. The Balaban J connectivity index is 1.33. The summed E-state index contributed by atoms with van der Waals surface area (Å²) < 4.78 is 8.22. The van der Waals surface area contributed by atoms with E-state index < -0.39 is 0 Å². The summed E-state index contributed by atoms with van der Waals surface area (Å²) in [6.45, 7) is 6.57. The van der Waals surface area contributed by atoms with E-state index in [9.17, 15) is 5.11 Å². The summed E-state index contributed by atoms with van der Waals surface area (Å²) in [5.74, 6) is 1.71. The van der Waals surface area contributed by atoms with Crippen LogP contribution in [-0.4, -0.2) is 24.9 Å². The number of phenolic OH excluding ortho intramolecular Hbond substituents is 1. The number of rotatable bonds is 6. The molecule has 0 amide bonds. The van der Waals surface area contributed by atoms with E-state index in [1.807, 2.05) is 91.0 Å². The monoisotopic (exact) mass is 588 g/mol. The topological polar surface area (TPSA) is 77.0 Å². The molecule has 0 fully saturated rings. The van der Waals surface area contributed by atoms with E-state index in [1.165, 1.54) is 5.56 Å². The summed E-state index contributed by atoms with van der Waals surface area (Å²) in [6, 6.07) is 43.9. The minimum Gasteiger partial charge on any atom is -0.507 e. The molecule has 0 saturated carbocycles. The molecule has 0 saturated heterocycles. The second-order valence-corrected chi connectivity index (χ2v) is 12.0. The average molecular weight is 589 g/mol. The molecule has 220 valence electrons. The highest BCUT2D eigenvalue weighted by atomic mass is 16.4. The van der Waals surface area contributed by atoms with Gasteiger partial charge < -0.3 is 9.52 Å². The zero-order valence-corrected chi connectivity index (χ0v) is 25.3. The van der Waals surface area contributed by atoms with Crippen molar-refractivity contribution in [1.82, 2.24) is 19.7 Å². The van der Waals surface area contributed by atoms with Gasteiger partial charge in [-0.2, -0.15) is 0 Å². The van der Waals surface area contributed by atoms with Crippen molar-refractivity contribution in [2.24, 2.45) is 0 Å². The van der Waals surface area contributed by atoms with Gasteiger partial charge >= 0.3 is 0 Å². The molecule has 0 aliphatic carbocycles. The highest BCUT2D eigenvalue weighted by Gasteiger charge is 2.24. The van der Waals surface area contributed by atoms with Gasteiger partial charge in [-0.1, -0.05) is 106 Å². The van der Waals surface area contributed by atoms with E-state index >= 15 is 0 Å². The van der Waals surface area contributed by atoms with Crippen LogP contribution in [0.3, 0.4) is 0 Å². The van der Waals surface area contributed by atoms with Crippen molar-refractivity contribution in [2.75, 3.05) is 0 Å². The number of phenols is 1. The average Bonchev–Trinajstić information content (AvgIpc) is 3.72. The lowest BCUT2D eigenvalue weighted by Gasteiger charge is -2.18. The van der Waals surface area contributed by atoms with Crippen molar-refractivity contribution < 1.29 is 9.52 Å². The van der Waals surface area contributed by atoms with E-state index in [0.29, 0.717) is 23.2 Å². The molecule has 45 heavy (non-hydrogen) atoms. The summed E-state index contributed by atoms with van der Waals surface area (Å²) in [4.78, 5) is 5.17. The number of benzene rings is 5. The standard InChI is InChI=1S/C39H32N4O2/c1-39(2,3)30-22-18-28(19-23-30)37-41-42-38(45-37)29-20-24-31(25-21-29)43-35(27-14-8-5-9-15-27)34(26-12-6-4-7-13-26)40-36(43)32-16-10-11-17-33(32)44/h4-25,44H,1-3H3. The first kappa shape index (κ1) is 28.0. The van der Waals surface area contributed by atoms with Crippen LogP contribution in [0.25, 0.3) is 62.5 Å². The molecule has 2 aromatic heterocycles. The van der Waals surface area contributed by atoms with Gasteiger partial charge in [0.15, 0.2) is 0 Å². The molecule has 2 heterocycles. The molecular weight excluding hydrogens is 556 g/mol. The van der Waals surface area contributed by atoms with Crippen molar-refractivity contribution >= 4 is 0 Å². The molecule has 6 heteroatoms. The summed E-state index contributed by atoms with van der Waals surface area (Å²) in [7, 11) is 0. The van der Waals surface area contributed by atoms with E-state index in [0.717, 1.165) is 39.3 Å². The third-order valence-corrected chi connectivity index (χ3v) is 7.91. The Morgan fingerprint density at radius 3 is 1.69 bits per heavy atom. The fourth-order valence-corrected chi connectivity index (χ4v) is 5.50. The predicted molar refractivity (Wildman–Crippen MR) is 179 cm³/mol. The van der Waals surface area contributed by atoms with Crippen LogP contribution in [0.5, 0.6) is 5.75 Å². The zero-order chi connectivity index (χ0) is 31.0. The van der Waals surface area contributed by atoms with Gasteiger partial charge in [0.25, 0.3) is 0 Å². The third-order valence-electron chi connectivity index (χ3n) is 7.91. The van der Waals surface area contributed by atoms with Crippen LogP contribution in [0.2, 0.25) is 0 Å². The van der Waals surface area contributed by atoms with E-state index in [1.54, 1.807) is 6.07 Å². The molecular formula is C39H32N4O2. The van der Waals surface area contributed by atoms with Gasteiger partial charge in [-0.15, -0.1) is 10.2 Å². The molecule has 0 atom stereocenters. The fraction of sp³-hybridized carbons (Fsp3) is 0.103. The molecule has 0 radical (unpaired) electrons. The molecule has 0 spiro atoms. The number of imidazole rings is 1. The minimum atomic E-state index is 0.0663. The maximum Gasteiger partial charge on any atom is 0.248 e. The Kier molecular flexibility index (Phi) is 7.10. The second-order valence-electron chi connectivity index (χ2n) is 12.0. The van der Waals surface area contributed by atoms with Crippen LogP contribution >= 0.6 is 0 Å². The molecule has 1 N–H and O–H groups in total. The van der Waals surface area contributed by atoms with Crippen molar-refractivity contribution in [3.8, 4) is 68.2 Å². The van der Waals surface area contributed by atoms with E-state index in [2.05, 4.69) is 71.9 Å².